The largest absolute Gasteiger partial charge is 0.422 e. The van der Waals surface area contributed by atoms with Crippen molar-refractivity contribution in [2.24, 2.45) is 0 Å². The second kappa shape index (κ2) is 7.20. The zero-order valence-corrected chi connectivity index (χ0v) is 15.4. The second-order valence-corrected chi connectivity index (χ2v) is 6.98. The van der Waals surface area contributed by atoms with Crippen molar-refractivity contribution in [3.63, 3.8) is 0 Å². The van der Waals surface area contributed by atoms with Crippen LogP contribution in [0.3, 0.4) is 0 Å². The smallest absolute Gasteiger partial charge is 0.345 e. The molecule has 0 amide bonds. The van der Waals surface area contributed by atoms with E-state index < -0.39 is 5.63 Å². The minimum atomic E-state index is -0.459. The summed E-state index contributed by atoms with van der Waals surface area (Å²) in [4.78, 5) is 16.8. The van der Waals surface area contributed by atoms with Crippen LogP contribution in [0.15, 0.2) is 69.2 Å². The van der Waals surface area contributed by atoms with Gasteiger partial charge in [0.2, 0.25) is 0 Å². The quantitative estimate of drug-likeness (QED) is 0.335. The first kappa shape index (κ1) is 17.2. The van der Waals surface area contributed by atoms with Gasteiger partial charge < -0.3 is 4.42 Å². The fourth-order valence-electron chi connectivity index (χ4n) is 2.65. The van der Waals surface area contributed by atoms with Crippen molar-refractivity contribution in [1.29, 1.82) is 5.26 Å². The van der Waals surface area contributed by atoms with Crippen molar-refractivity contribution >= 4 is 45.6 Å². The highest BCUT2D eigenvalue weighted by Crippen LogP contribution is 2.28. The third kappa shape index (κ3) is 3.41. The predicted molar refractivity (Wildman–Crippen MR) is 109 cm³/mol. The normalized spacial score (nSPS) is 11.5. The van der Waals surface area contributed by atoms with Crippen LogP contribution in [0.4, 0.5) is 0 Å². The van der Waals surface area contributed by atoms with E-state index in [1.54, 1.807) is 29.7 Å². The Morgan fingerprint density at radius 2 is 1.96 bits per heavy atom. The van der Waals surface area contributed by atoms with Gasteiger partial charge >= 0.3 is 5.63 Å². The number of nitrogens with zero attached hydrogens (tertiary/aromatic N) is 2. The summed E-state index contributed by atoms with van der Waals surface area (Å²) < 4.78 is 5.37. The minimum Gasteiger partial charge on any atom is -0.422 e. The SMILES string of the molecule is N#C/C(=C/c1ccccc1Cl)c1nc(-c2cc3ccccc3oc2=O)cs1. The van der Waals surface area contributed by atoms with E-state index in [1.807, 2.05) is 36.4 Å². The number of hydrogen-bond acceptors (Lipinski definition) is 5. The Morgan fingerprint density at radius 3 is 2.78 bits per heavy atom. The summed E-state index contributed by atoms with van der Waals surface area (Å²) in [5.41, 5.74) is 2.03. The van der Waals surface area contributed by atoms with Gasteiger partial charge in [0.25, 0.3) is 0 Å². The van der Waals surface area contributed by atoms with Crippen molar-refractivity contribution in [1.82, 2.24) is 4.98 Å². The van der Waals surface area contributed by atoms with E-state index in [0.717, 1.165) is 10.9 Å². The van der Waals surface area contributed by atoms with Crippen LogP contribution < -0.4 is 5.63 Å². The molecule has 0 spiro atoms. The molecule has 4 aromatic rings. The van der Waals surface area contributed by atoms with Gasteiger partial charge in [-0.25, -0.2) is 9.78 Å². The molecule has 0 bridgehead atoms. The average Bonchev–Trinajstić information content (AvgIpc) is 3.16. The fourth-order valence-corrected chi connectivity index (χ4v) is 3.63. The summed E-state index contributed by atoms with van der Waals surface area (Å²) in [6, 6.07) is 18.5. The summed E-state index contributed by atoms with van der Waals surface area (Å²) >= 11 is 7.46. The van der Waals surface area contributed by atoms with Crippen LogP contribution in [-0.2, 0) is 0 Å². The van der Waals surface area contributed by atoms with Crippen LogP contribution in [-0.4, -0.2) is 4.98 Å². The van der Waals surface area contributed by atoms with Gasteiger partial charge in [-0.2, -0.15) is 5.26 Å². The molecule has 2 aromatic carbocycles. The van der Waals surface area contributed by atoms with E-state index in [2.05, 4.69) is 11.1 Å². The molecular formula is C21H11ClN2O2S. The molecule has 6 heteroatoms. The molecule has 4 rings (SSSR count). The number of halogens is 1. The molecule has 0 fully saturated rings. The molecule has 27 heavy (non-hydrogen) atoms. The minimum absolute atomic E-state index is 0.367. The Bertz CT molecular complexity index is 1280. The van der Waals surface area contributed by atoms with Crippen molar-refractivity contribution in [2.75, 3.05) is 0 Å². The Labute approximate surface area is 163 Å². The molecule has 2 aromatic heterocycles. The number of hydrogen-bond donors (Lipinski definition) is 0. The van der Waals surface area contributed by atoms with E-state index in [4.69, 9.17) is 16.0 Å². The van der Waals surface area contributed by atoms with Gasteiger partial charge in [-0.3, -0.25) is 0 Å². The third-order valence-electron chi connectivity index (χ3n) is 3.98. The van der Waals surface area contributed by atoms with Crippen molar-refractivity contribution in [2.45, 2.75) is 0 Å². The first-order chi connectivity index (χ1) is 13.2. The molecule has 130 valence electrons. The molecule has 2 heterocycles. The number of para-hydroxylation sites is 1. The van der Waals surface area contributed by atoms with E-state index in [0.29, 0.717) is 32.4 Å². The van der Waals surface area contributed by atoms with Crippen LogP contribution in [0.25, 0.3) is 33.9 Å². The fraction of sp³-hybridized carbons (Fsp3) is 0. The Morgan fingerprint density at radius 1 is 1.19 bits per heavy atom. The number of allylic oxidation sites excluding steroid dienone is 1. The number of thiazole rings is 1. The zero-order valence-electron chi connectivity index (χ0n) is 13.8. The van der Waals surface area contributed by atoms with E-state index in [1.165, 1.54) is 11.3 Å². The Hall–Kier alpha value is -3.20. The van der Waals surface area contributed by atoms with Gasteiger partial charge in [0.05, 0.1) is 16.8 Å². The highest BCUT2D eigenvalue weighted by atomic mass is 35.5. The number of aromatic nitrogens is 1. The average molecular weight is 391 g/mol. The molecule has 0 saturated carbocycles. The van der Waals surface area contributed by atoms with Crippen LogP contribution >= 0.6 is 22.9 Å². The van der Waals surface area contributed by atoms with Gasteiger partial charge in [0, 0.05) is 15.8 Å². The van der Waals surface area contributed by atoms with Gasteiger partial charge in [-0.05, 0) is 29.8 Å². The number of nitriles is 1. The summed E-state index contributed by atoms with van der Waals surface area (Å²) in [5, 5.41) is 13.2. The maximum atomic E-state index is 12.3. The van der Waals surface area contributed by atoms with Crippen molar-refractivity contribution in [3.8, 4) is 17.3 Å². The standard InChI is InChI=1S/C21H11ClN2O2S/c22-17-7-3-1-5-13(17)9-15(11-23)20-24-18(12-27-20)16-10-14-6-2-4-8-19(14)26-21(16)25/h1-10,12H/b15-9-. The van der Waals surface area contributed by atoms with Gasteiger partial charge in [0.15, 0.2) is 0 Å². The molecule has 0 aliphatic heterocycles. The summed E-state index contributed by atoms with van der Waals surface area (Å²) in [6.07, 6.45) is 1.69. The first-order valence-electron chi connectivity index (χ1n) is 8.01. The van der Waals surface area contributed by atoms with Crippen molar-refractivity contribution in [3.05, 3.63) is 86.0 Å². The van der Waals surface area contributed by atoms with Crippen LogP contribution in [0, 0.1) is 11.3 Å². The Kier molecular flexibility index (Phi) is 4.59. The molecule has 0 radical (unpaired) electrons. The lowest BCUT2D eigenvalue weighted by Gasteiger charge is -2.00. The lowest BCUT2D eigenvalue weighted by Crippen LogP contribution is -2.02. The van der Waals surface area contributed by atoms with Crippen LogP contribution in [0.1, 0.15) is 10.6 Å². The maximum Gasteiger partial charge on any atom is 0.345 e. The lowest BCUT2D eigenvalue weighted by molar-refractivity contribution is 0.563. The van der Waals surface area contributed by atoms with Gasteiger partial charge in [0.1, 0.15) is 16.7 Å². The van der Waals surface area contributed by atoms with Crippen LogP contribution in [0.5, 0.6) is 0 Å². The first-order valence-corrected chi connectivity index (χ1v) is 9.27. The van der Waals surface area contributed by atoms with Crippen LogP contribution in [0.2, 0.25) is 5.02 Å². The monoisotopic (exact) mass is 390 g/mol. The predicted octanol–water partition coefficient (Wildman–Crippen LogP) is 5.63. The second-order valence-electron chi connectivity index (χ2n) is 5.71. The number of rotatable bonds is 3. The third-order valence-corrected chi connectivity index (χ3v) is 5.20. The summed E-state index contributed by atoms with van der Waals surface area (Å²) in [5.74, 6) is 0. The van der Waals surface area contributed by atoms with E-state index >= 15 is 0 Å². The molecule has 0 saturated heterocycles. The molecule has 0 atom stereocenters. The molecular weight excluding hydrogens is 380 g/mol. The number of fused-ring (bicyclic) bond motifs is 1. The molecule has 0 aliphatic rings. The van der Waals surface area contributed by atoms with Crippen molar-refractivity contribution < 1.29 is 4.42 Å². The van der Waals surface area contributed by atoms with E-state index in [9.17, 15) is 10.1 Å². The van der Waals surface area contributed by atoms with Gasteiger partial charge in [-0.15, -0.1) is 11.3 Å². The molecule has 4 nitrogen and oxygen atoms in total. The zero-order chi connectivity index (χ0) is 18.8. The lowest BCUT2D eigenvalue weighted by atomic mass is 10.1. The Balaban J connectivity index is 1.77. The topological polar surface area (TPSA) is 66.9 Å². The number of benzene rings is 2. The highest BCUT2D eigenvalue weighted by Gasteiger charge is 2.14. The maximum absolute atomic E-state index is 12.3. The van der Waals surface area contributed by atoms with Gasteiger partial charge in [-0.1, -0.05) is 48.0 Å². The molecule has 0 N–H and O–H groups in total. The summed E-state index contributed by atoms with van der Waals surface area (Å²) in [7, 11) is 0. The molecule has 0 unspecified atom stereocenters. The molecule has 0 aliphatic carbocycles. The van der Waals surface area contributed by atoms with E-state index in [-0.39, 0.29) is 0 Å². The summed E-state index contributed by atoms with van der Waals surface area (Å²) in [6.45, 7) is 0. The highest BCUT2D eigenvalue weighted by molar-refractivity contribution is 7.11.